The van der Waals surface area contributed by atoms with Crippen molar-refractivity contribution in [3.8, 4) is 67.5 Å². The third-order valence-electron chi connectivity index (χ3n) is 10.8. The highest BCUT2D eigenvalue weighted by atomic mass is 32.1. The van der Waals surface area contributed by atoms with E-state index < -0.39 is 0 Å². The van der Waals surface area contributed by atoms with Crippen molar-refractivity contribution in [1.82, 2.24) is 15.0 Å². The maximum Gasteiger partial charge on any atom is 0.164 e. The highest BCUT2D eigenvalue weighted by molar-refractivity contribution is 7.25. The van der Waals surface area contributed by atoms with Gasteiger partial charge in [0.05, 0.1) is 0 Å². The number of aryl methyl sites for hydroxylation is 1. The van der Waals surface area contributed by atoms with Crippen molar-refractivity contribution in [1.29, 1.82) is 0 Å². The first-order valence-electron chi connectivity index (χ1n) is 19.0. The fourth-order valence-corrected chi connectivity index (χ4v) is 9.07. The normalized spacial score (nSPS) is 12.4. The van der Waals surface area contributed by atoms with Crippen LogP contribution in [0.3, 0.4) is 0 Å². The number of aromatic nitrogens is 3. The van der Waals surface area contributed by atoms with Crippen LogP contribution in [0, 0.1) is 0 Å². The number of furan rings is 1. The molecule has 1 aliphatic carbocycles. The molecule has 0 saturated carbocycles. The maximum atomic E-state index is 6.34. The van der Waals surface area contributed by atoms with Gasteiger partial charge in [-0.1, -0.05) is 121 Å². The third-order valence-corrected chi connectivity index (χ3v) is 11.9. The Morgan fingerprint density at radius 1 is 0.411 bits per heavy atom. The van der Waals surface area contributed by atoms with E-state index in [9.17, 15) is 0 Å². The quantitative estimate of drug-likeness (QED) is 0.171. The van der Waals surface area contributed by atoms with E-state index >= 15 is 0 Å². The number of allylic oxidation sites excluding steroid dienone is 1. The first kappa shape index (κ1) is 32.5. The average Bonchev–Trinajstić information content (AvgIpc) is 3.83. The molecule has 0 aliphatic heterocycles. The van der Waals surface area contributed by atoms with Gasteiger partial charge in [-0.2, -0.15) is 0 Å². The molecule has 0 radical (unpaired) electrons. The van der Waals surface area contributed by atoms with Crippen LogP contribution < -0.4 is 0 Å². The summed E-state index contributed by atoms with van der Waals surface area (Å²) >= 11 is 1.86. The molecule has 10 aromatic rings. The highest BCUT2D eigenvalue weighted by Crippen LogP contribution is 2.42. The number of hydrogen-bond donors (Lipinski definition) is 0. The van der Waals surface area contributed by atoms with Gasteiger partial charge in [-0.3, -0.25) is 0 Å². The van der Waals surface area contributed by atoms with Gasteiger partial charge in [0.15, 0.2) is 17.5 Å². The second-order valence-electron chi connectivity index (χ2n) is 14.3. The number of rotatable bonds is 6. The zero-order valence-electron chi connectivity index (χ0n) is 30.3. The lowest BCUT2D eigenvalue weighted by Crippen LogP contribution is -2.00. The van der Waals surface area contributed by atoms with Gasteiger partial charge in [0.2, 0.25) is 0 Å². The summed E-state index contributed by atoms with van der Waals surface area (Å²) in [6.07, 6.45) is 6.43. The van der Waals surface area contributed by atoms with E-state index in [0.29, 0.717) is 17.5 Å². The van der Waals surface area contributed by atoms with Crippen LogP contribution in [0.1, 0.15) is 17.7 Å². The highest BCUT2D eigenvalue weighted by Gasteiger charge is 2.18. The molecular formula is C51H33N3OS. The Hall–Kier alpha value is -6.95. The third kappa shape index (κ3) is 5.81. The second-order valence-corrected chi connectivity index (χ2v) is 15.4. The molecule has 7 aromatic carbocycles. The van der Waals surface area contributed by atoms with Crippen molar-refractivity contribution in [3.63, 3.8) is 0 Å². The maximum absolute atomic E-state index is 6.34. The Bertz CT molecular complexity index is 3070. The lowest BCUT2D eigenvalue weighted by molar-refractivity contribution is 0.596. The Kier molecular flexibility index (Phi) is 7.78. The smallest absolute Gasteiger partial charge is 0.164 e. The van der Waals surface area contributed by atoms with E-state index in [1.54, 1.807) is 0 Å². The molecule has 4 nitrogen and oxygen atoms in total. The van der Waals surface area contributed by atoms with Crippen LogP contribution in [0.5, 0.6) is 0 Å². The molecule has 0 unspecified atom stereocenters. The molecule has 0 bridgehead atoms. The molecule has 0 atom stereocenters. The first-order valence-corrected chi connectivity index (χ1v) is 19.8. The second kappa shape index (κ2) is 13.4. The molecule has 11 rings (SSSR count). The summed E-state index contributed by atoms with van der Waals surface area (Å²) in [7, 11) is 0. The minimum Gasteiger partial charge on any atom is -0.456 e. The summed E-state index contributed by atoms with van der Waals surface area (Å²) in [6.45, 7) is 0. The predicted octanol–water partition coefficient (Wildman–Crippen LogP) is 13.9. The van der Waals surface area contributed by atoms with Crippen molar-refractivity contribution in [3.05, 3.63) is 181 Å². The molecule has 1 aliphatic rings. The van der Waals surface area contributed by atoms with Crippen molar-refractivity contribution in [2.75, 3.05) is 0 Å². The van der Waals surface area contributed by atoms with Crippen molar-refractivity contribution in [2.45, 2.75) is 12.8 Å². The summed E-state index contributed by atoms with van der Waals surface area (Å²) < 4.78 is 8.92. The molecule has 3 aromatic heterocycles. The Morgan fingerprint density at radius 3 is 1.64 bits per heavy atom. The van der Waals surface area contributed by atoms with E-state index in [0.717, 1.165) is 68.7 Å². The lowest BCUT2D eigenvalue weighted by Gasteiger charge is -2.13. The molecule has 56 heavy (non-hydrogen) atoms. The van der Waals surface area contributed by atoms with Gasteiger partial charge < -0.3 is 4.42 Å². The van der Waals surface area contributed by atoms with Gasteiger partial charge >= 0.3 is 0 Å². The largest absolute Gasteiger partial charge is 0.456 e. The monoisotopic (exact) mass is 735 g/mol. The van der Waals surface area contributed by atoms with Crippen LogP contribution in [0.15, 0.2) is 174 Å². The van der Waals surface area contributed by atoms with E-state index in [1.165, 1.54) is 36.7 Å². The fraction of sp³-hybridized carbons (Fsp3) is 0.0392. The van der Waals surface area contributed by atoms with E-state index in [4.69, 9.17) is 19.4 Å². The molecule has 0 spiro atoms. The van der Waals surface area contributed by atoms with Crippen LogP contribution in [-0.4, -0.2) is 15.0 Å². The predicted molar refractivity (Wildman–Crippen MR) is 232 cm³/mol. The Morgan fingerprint density at radius 2 is 0.946 bits per heavy atom. The number of benzene rings is 7. The van der Waals surface area contributed by atoms with Gasteiger partial charge in [0.1, 0.15) is 11.3 Å². The van der Waals surface area contributed by atoms with Crippen LogP contribution in [0.4, 0.5) is 0 Å². The molecule has 0 N–H and O–H groups in total. The summed E-state index contributed by atoms with van der Waals surface area (Å²) in [5, 5.41) is 3.75. The van der Waals surface area contributed by atoms with Crippen LogP contribution in [-0.2, 0) is 6.42 Å². The van der Waals surface area contributed by atoms with Gasteiger partial charge in [0, 0.05) is 47.8 Å². The molecule has 3 heterocycles. The average molecular weight is 736 g/mol. The number of hydrogen-bond acceptors (Lipinski definition) is 5. The van der Waals surface area contributed by atoms with Gasteiger partial charge in [0.25, 0.3) is 0 Å². The first-order chi connectivity index (χ1) is 27.7. The molecule has 0 fully saturated rings. The van der Waals surface area contributed by atoms with Gasteiger partial charge in [-0.05, 0) is 101 Å². The topological polar surface area (TPSA) is 51.8 Å². The summed E-state index contributed by atoms with van der Waals surface area (Å²) in [4.78, 5) is 15.1. The minimum absolute atomic E-state index is 0.630. The molecule has 0 saturated heterocycles. The van der Waals surface area contributed by atoms with Crippen molar-refractivity contribution < 1.29 is 4.42 Å². The van der Waals surface area contributed by atoms with E-state index in [-0.39, 0.29) is 0 Å². The van der Waals surface area contributed by atoms with Crippen LogP contribution in [0.2, 0.25) is 0 Å². The summed E-state index contributed by atoms with van der Waals surface area (Å²) in [6, 6.07) is 57.8. The van der Waals surface area contributed by atoms with Gasteiger partial charge in [-0.25, -0.2) is 15.0 Å². The van der Waals surface area contributed by atoms with E-state index in [1.807, 2.05) is 72.0 Å². The van der Waals surface area contributed by atoms with E-state index in [2.05, 4.69) is 115 Å². The van der Waals surface area contributed by atoms with Crippen LogP contribution in [0.25, 0.3) is 105 Å². The molecule has 0 amide bonds. The number of thiophene rings is 1. The Labute approximate surface area is 328 Å². The molecule has 264 valence electrons. The zero-order chi connectivity index (χ0) is 37.0. The number of fused-ring (bicyclic) bond motifs is 6. The zero-order valence-corrected chi connectivity index (χ0v) is 31.1. The minimum atomic E-state index is 0.630. The number of nitrogens with zero attached hydrogens (tertiary/aromatic N) is 3. The SMILES string of the molecule is C1=Cc2oc3cc4c(cc3c2CC1)sc1ccc(-c2cccc(-c3cc(-c5ccccc5)cc(-c5nc(-c6ccccc6)nc(-c6ccccc6)n5)c3)c2)cc14. The molecular weight excluding hydrogens is 703 g/mol. The molecule has 5 heteroatoms. The summed E-state index contributed by atoms with van der Waals surface area (Å²) in [5.74, 6) is 2.92. The standard InChI is InChI=1S/C51H33N3OS/c1-4-13-32(14-5-1)38-26-39(28-40(27-38)51-53-49(33-15-6-2-7-16-33)52-50(54-51)34-17-8-3-9-18-34)36-20-12-19-35(25-36)37-23-24-47-43(29-37)44-30-46-42(31-48(44)56-47)41-21-10-11-22-45(41)55-46/h1-9,11-20,22-31H,10,21H2. The van der Waals surface area contributed by atoms with Crippen molar-refractivity contribution in [2.24, 2.45) is 0 Å². The van der Waals surface area contributed by atoms with Crippen molar-refractivity contribution >= 4 is 48.6 Å². The fourth-order valence-electron chi connectivity index (χ4n) is 7.96. The van der Waals surface area contributed by atoms with Gasteiger partial charge in [-0.15, -0.1) is 11.3 Å². The van der Waals surface area contributed by atoms with Crippen LogP contribution >= 0.6 is 11.3 Å². The Balaban J connectivity index is 1.04. The lowest BCUT2D eigenvalue weighted by atomic mass is 9.93. The summed E-state index contributed by atoms with van der Waals surface area (Å²) in [5.41, 5.74) is 11.9.